The molecule has 0 spiro atoms. The van der Waals surface area contributed by atoms with E-state index < -0.39 is 17.7 Å². The van der Waals surface area contributed by atoms with Crippen molar-refractivity contribution in [3.63, 3.8) is 0 Å². The van der Waals surface area contributed by atoms with E-state index in [4.69, 9.17) is 9.47 Å². The molecule has 9 nitrogen and oxygen atoms in total. The quantitative estimate of drug-likeness (QED) is 0.190. The molecule has 2 aromatic heterocycles. The normalized spacial score (nSPS) is 23.1. The Balaban J connectivity index is 1.56. The van der Waals surface area contributed by atoms with Crippen molar-refractivity contribution in [3.8, 4) is 0 Å². The highest BCUT2D eigenvalue weighted by molar-refractivity contribution is 14.1. The third-order valence-corrected chi connectivity index (χ3v) is 7.08. The monoisotopic (exact) mass is 657 g/mol. The van der Waals surface area contributed by atoms with Gasteiger partial charge >= 0.3 is 6.09 Å². The number of piperidine rings is 1. The summed E-state index contributed by atoms with van der Waals surface area (Å²) in [6.45, 7) is 10.4. The first-order chi connectivity index (χ1) is 16.5. The smallest absolute Gasteiger partial charge is 0.411 e. The van der Waals surface area contributed by atoms with Crippen LogP contribution in [0, 0.1) is 8.99 Å². The number of rotatable bonds is 8. The van der Waals surface area contributed by atoms with Gasteiger partial charge in [-0.3, -0.25) is 14.4 Å². The maximum Gasteiger partial charge on any atom is 0.411 e. The SMILES string of the molecule is C=CCOCc1ccc(Br)nc1NC(=O)[C@@H]1C[C@@]2(Cn3cc(I)cn3)C[C@H]2N1C(=O)OC(C)(C)C. The molecule has 1 saturated carbocycles. The van der Waals surface area contributed by atoms with Crippen LogP contribution in [0.2, 0.25) is 0 Å². The number of hydrogen-bond donors (Lipinski definition) is 1. The predicted molar refractivity (Wildman–Crippen MR) is 143 cm³/mol. The summed E-state index contributed by atoms with van der Waals surface area (Å²) in [7, 11) is 0. The molecule has 2 fully saturated rings. The van der Waals surface area contributed by atoms with Gasteiger partial charge < -0.3 is 14.8 Å². The maximum atomic E-state index is 13.6. The Bertz CT molecular complexity index is 1130. The Hall–Kier alpha value is -1.99. The molecule has 35 heavy (non-hydrogen) atoms. The van der Waals surface area contributed by atoms with Crippen molar-refractivity contribution in [1.29, 1.82) is 0 Å². The highest BCUT2D eigenvalue weighted by Gasteiger charge is 2.68. The van der Waals surface area contributed by atoms with Crippen LogP contribution in [-0.4, -0.2) is 56.0 Å². The fraction of sp³-hybridized carbons (Fsp3) is 0.500. The molecule has 1 aliphatic carbocycles. The van der Waals surface area contributed by atoms with E-state index in [1.807, 2.05) is 37.7 Å². The average Bonchev–Trinajstić information content (AvgIpc) is 3.11. The van der Waals surface area contributed by atoms with E-state index in [1.54, 1.807) is 23.2 Å². The van der Waals surface area contributed by atoms with E-state index in [1.165, 1.54) is 0 Å². The lowest BCUT2D eigenvalue weighted by atomic mass is 9.99. The van der Waals surface area contributed by atoms with Crippen LogP contribution in [-0.2, 0) is 27.4 Å². The van der Waals surface area contributed by atoms with E-state index >= 15 is 0 Å². The lowest BCUT2D eigenvalue weighted by molar-refractivity contribution is -0.121. The van der Waals surface area contributed by atoms with E-state index in [0.717, 1.165) is 15.6 Å². The molecule has 11 heteroatoms. The molecule has 4 rings (SSSR count). The molecule has 1 N–H and O–H groups in total. The third-order valence-electron chi connectivity index (χ3n) is 6.08. The van der Waals surface area contributed by atoms with E-state index in [-0.39, 0.29) is 24.0 Å². The number of amides is 2. The van der Waals surface area contributed by atoms with Gasteiger partial charge in [-0.15, -0.1) is 6.58 Å². The van der Waals surface area contributed by atoms with Crippen LogP contribution < -0.4 is 5.32 Å². The molecule has 2 aromatic rings. The van der Waals surface area contributed by atoms with E-state index in [2.05, 4.69) is 60.5 Å². The Morgan fingerprint density at radius 3 is 2.80 bits per heavy atom. The zero-order valence-corrected chi connectivity index (χ0v) is 23.7. The minimum absolute atomic E-state index is 0.0826. The zero-order chi connectivity index (χ0) is 25.4. The molecule has 2 aliphatic rings. The van der Waals surface area contributed by atoms with Gasteiger partial charge in [-0.1, -0.05) is 12.1 Å². The first-order valence-corrected chi connectivity index (χ1v) is 13.2. The second-order valence-corrected chi connectivity index (χ2v) is 12.0. The number of fused-ring (bicyclic) bond motifs is 1. The van der Waals surface area contributed by atoms with Crippen molar-refractivity contribution in [2.75, 3.05) is 11.9 Å². The second kappa shape index (κ2) is 10.2. The summed E-state index contributed by atoms with van der Waals surface area (Å²) >= 11 is 5.59. The molecule has 1 saturated heterocycles. The summed E-state index contributed by atoms with van der Waals surface area (Å²) in [5, 5.41) is 7.35. The topological polar surface area (TPSA) is 98.6 Å². The van der Waals surface area contributed by atoms with Gasteiger partial charge in [-0.25, -0.2) is 9.78 Å². The lowest BCUT2D eigenvalue weighted by Gasteiger charge is -2.29. The van der Waals surface area contributed by atoms with Gasteiger partial charge in [0.15, 0.2) is 0 Å². The second-order valence-electron chi connectivity index (χ2n) is 9.98. The number of anilines is 1. The average molecular weight is 658 g/mol. The maximum absolute atomic E-state index is 13.6. The summed E-state index contributed by atoms with van der Waals surface area (Å²) in [6, 6.07) is 2.87. The fourth-order valence-corrected chi connectivity index (χ4v) is 5.31. The highest BCUT2D eigenvalue weighted by atomic mass is 127. The van der Waals surface area contributed by atoms with Crippen LogP contribution in [0.5, 0.6) is 0 Å². The molecule has 2 amide bonds. The van der Waals surface area contributed by atoms with Crippen molar-refractivity contribution in [1.82, 2.24) is 19.7 Å². The summed E-state index contributed by atoms with van der Waals surface area (Å²) in [5.74, 6) is 0.0990. The van der Waals surface area contributed by atoms with Crippen LogP contribution in [0.25, 0.3) is 0 Å². The minimum atomic E-state index is -0.680. The number of aromatic nitrogens is 3. The number of carbonyl (C=O) groups is 2. The number of nitrogens with zero attached hydrogens (tertiary/aromatic N) is 4. The summed E-state index contributed by atoms with van der Waals surface area (Å²) < 4.78 is 14.8. The highest BCUT2D eigenvalue weighted by Crippen LogP contribution is 2.60. The van der Waals surface area contributed by atoms with Crippen LogP contribution >= 0.6 is 38.5 Å². The number of hydrogen-bond acceptors (Lipinski definition) is 6. The van der Waals surface area contributed by atoms with Crippen LogP contribution in [0.15, 0.2) is 41.8 Å². The first kappa shape index (κ1) is 26.1. The molecule has 1 aliphatic heterocycles. The number of ether oxygens (including phenoxy) is 2. The molecular weight excluding hydrogens is 629 g/mol. The number of nitrogens with one attached hydrogen (secondary N) is 1. The molecule has 3 heterocycles. The van der Waals surface area contributed by atoms with Crippen molar-refractivity contribution in [3.05, 3.63) is 50.9 Å². The Morgan fingerprint density at radius 2 is 2.14 bits per heavy atom. The van der Waals surface area contributed by atoms with Gasteiger partial charge in [0.2, 0.25) is 5.91 Å². The summed E-state index contributed by atoms with van der Waals surface area (Å²) in [5.41, 5.74) is -0.150. The zero-order valence-electron chi connectivity index (χ0n) is 20.0. The standard InChI is InChI=1S/C24H29BrIN5O4/c1-5-8-34-13-15-6-7-19(25)28-20(15)29-21(32)17-9-24(14-30-12-16(26)11-27-30)10-18(24)31(17)22(33)35-23(2,3)4/h5-7,11-12,17-18H,1,8-10,13-14H2,2-4H3,(H,28,29,32)/t17-,18+,24-/m0/s1. The van der Waals surface area contributed by atoms with Gasteiger partial charge in [-0.2, -0.15) is 5.10 Å². The van der Waals surface area contributed by atoms with Crippen LogP contribution in [0.1, 0.15) is 39.2 Å². The molecule has 0 aromatic carbocycles. The fourth-order valence-electron chi connectivity index (χ4n) is 4.55. The molecule has 0 radical (unpaired) electrons. The molecule has 3 atom stereocenters. The molecular formula is C24H29BrIN5O4. The van der Waals surface area contributed by atoms with Gasteiger partial charge in [0.25, 0.3) is 0 Å². The van der Waals surface area contributed by atoms with Gasteiger partial charge in [0.1, 0.15) is 22.1 Å². The summed E-state index contributed by atoms with van der Waals surface area (Å²) in [6.07, 6.45) is 6.28. The molecule has 188 valence electrons. The van der Waals surface area contributed by atoms with Crippen molar-refractivity contribution in [2.24, 2.45) is 5.41 Å². The first-order valence-electron chi connectivity index (χ1n) is 11.4. The largest absolute Gasteiger partial charge is 0.444 e. The van der Waals surface area contributed by atoms with Crippen molar-refractivity contribution >= 4 is 56.3 Å². The van der Waals surface area contributed by atoms with Gasteiger partial charge in [0.05, 0.1) is 23.0 Å². The number of likely N-dealkylation sites (tertiary alicyclic amines) is 1. The summed E-state index contributed by atoms with van der Waals surface area (Å²) in [4.78, 5) is 32.8. The van der Waals surface area contributed by atoms with Crippen LogP contribution in [0.3, 0.4) is 0 Å². The number of halogens is 2. The minimum Gasteiger partial charge on any atom is -0.444 e. The molecule has 0 bridgehead atoms. The number of carbonyl (C=O) groups excluding carboxylic acids is 2. The predicted octanol–water partition coefficient (Wildman–Crippen LogP) is 4.75. The van der Waals surface area contributed by atoms with Crippen LogP contribution in [0.4, 0.5) is 10.6 Å². The van der Waals surface area contributed by atoms with Gasteiger partial charge in [0, 0.05) is 29.8 Å². The lowest BCUT2D eigenvalue weighted by Crippen LogP contribution is -2.47. The third kappa shape index (κ3) is 6.05. The Morgan fingerprint density at radius 1 is 1.37 bits per heavy atom. The van der Waals surface area contributed by atoms with E-state index in [0.29, 0.717) is 30.0 Å². The Labute approximate surface area is 226 Å². The van der Waals surface area contributed by atoms with Crippen molar-refractivity contribution < 1.29 is 19.1 Å². The molecule has 0 unspecified atom stereocenters. The van der Waals surface area contributed by atoms with Gasteiger partial charge in [-0.05, 0) is 78.2 Å². The number of pyridine rings is 1. The van der Waals surface area contributed by atoms with E-state index in [9.17, 15) is 9.59 Å². The Kier molecular flexibility index (Phi) is 7.58. The van der Waals surface area contributed by atoms with Crippen molar-refractivity contribution in [2.45, 2.75) is 64.4 Å².